The molecule has 1 N–H and O–H groups in total. The van der Waals surface area contributed by atoms with Gasteiger partial charge in [0.05, 0.1) is 5.54 Å². The van der Waals surface area contributed by atoms with Gasteiger partial charge in [-0.05, 0) is 33.7 Å². The van der Waals surface area contributed by atoms with Crippen LogP contribution >= 0.6 is 0 Å². The molecule has 0 aromatic carbocycles. The first-order valence-corrected chi connectivity index (χ1v) is 5.63. The molecule has 0 bridgehead atoms. The summed E-state index contributed by atoms with van der Waals surface area (Å²) in [4.78, 5) is 16.1. The van der Waals surface area contributed by atoms with Crippen molar-refractivity contribution < 1.29 is 4.79 Å². The molecule has 2 amide bonds. The predicted molar refractivity (Wildman–Crippen MR) is 59.8 cm³/mol. The molecule has 2 rings (SSSR count). The molecule has 15 heavy (non-hydrogen) atoms. The molecular weight excluding hydrogens is 190 g/mol. The van der Waals surface area contributed by atoms with Gasteiger partial charge in [-0.2, -0.15) is 0 Å². The van der Waals surface area contributed by atoms with Gasteiger partial charge in [-0.3, -0.25) is 0 Å². The molecule has 2 saturated heterocycles. The molecule has 2 aliphatic rings. The molecule has 2 aliphatic heterocycles. The fourth-order valence-corrected chi connectivity index (χ4v) is 3.01. The number of likely N-dealkylation sites (N-methyl/N-ethyl adjacent to an activating group) is 1. The van der Waals surface area contributed by atoms with Crippen LogP contribution in [0.15, 0.2) is 0 Å². The predicted octanol–water partition coefficient (Wildman–Crippen LogP) is 0.884. The van der Waals surface area contributed by atoms with E-state index in [-0.39, 0.29) is 17.1 Å². The van der Waals surface area contributed by atoms with Crippen LogP contribution in [0.1, 0.15) is 27.2 Å². The number of hydrogen-bond donors (Lipinski definition) is 1. The summed E-state index contributed by atoms with van der Waals surface area (Å²) in [6.07, 6.45) is 1.07. The van der Waals surface area contributed by atoms with Crippen molar-refractivity contribution in [3.63, 3.8) is 0 Å². The molecule has 1 unspecified atom stereocenters. The minimum Gasteiger partial charge on any atom is -0.325 e. The molecule has 1 spiro atoms. The summed E-state index contributed by atoms with van der Waals surface area (Å²) in [5.41, 5.74) is -0.0576. The smallest absolute Gasteiger partial charge is 0.320 e. The van der Waals surface area contributed by atoms with Gasteiger partial charge in [0, 0.05) is 25.7 Å². The fraction of sp³-hybridized carbons (Fsp3) is 0.909. The maximum atomic E-state index is 12.1. The first kappa shape index (κ1) is 10.7. The highest BCUT2D eigenvalue weighted by molar-refractivity contribution is 5.79. The number of rotatable bonds is 0. The molecule has 0 saturated carbocycles. The van der Waals surface area contributed by atoms with Crippen molar-refractivity contribution in [3.8, 4) is 0 Å². The lowest BCUT2D eigenvalue weighted by Gasteiger charge is -2.42. The van der Waals surface area contributed by atoms with Gasteiger partial charge in [-0.25, -0.2) is 4.79 Å². The van der Waals surface area contributed by atoms with E-state index in [4.69, 9.17) is 0 Å². The van der Waals surface area contributed by atoms with Crippen molar-refractivity contribution in [1.82, 2.24) is 15.1 Å². The maximum Gasteiger partial charge on any atom is 0.320 e. The number of hydrogen-bond acceptors (Lipinski definition) is 2. The second kappa shape index (κ2) is 3.11. The van der Waals surface area contributed by atoms with Crippen LogP contribution in [0.4, 0.5) is 4.79 Å². The molecule has 0 aromatic rings. The molecule has 2 fully saturated rings. The van der Waals surface area contributed by atoms with E-state index in [2.05, 4.69) is 31.0 Å². The Morgan fingerprint density at radius 2 is 2.07 bits per heavy atom. The van der Waals surface area contributed by atoms with Gasteiger partial charge in [0.1, 0.15) is 0 Å². The first-order chi connectivity index (χ1) is 6.87. The first-order valence-electron chi connectivity index (χ1n) is 5.63. The Morgan fingerprint density at radius 3 is 2.53 bits per heavy atom. The van der Waals surface area contributed by atoms with E-state index in [9.17, 15) is 4.79 Å². The quantitative estimate of drug-likeness (QED) is 0.646. The number of urea groups is 1. The molecule has 0 aliphatic carbocycles. The zero-order valence-corrected chi connectivity index (χ0v) is 10.1. The van der Waals surface area contributed by atoms with Crippen LogP contribution in [0.25, 0.3) is 0 Å². The van der Waals surface area contributed by atoms with Gasteiger partial charge in [0.25, 0.3) is 0 Å². The summed E-state index contributed by atoms with van der Waals surface area (Å²) in [5, 5.41) is 3.38. The molecule has 86 valence electrons. The number of carbonyl (C=O) groups is 1. The topological polar surface area (TPSA) is 35.6 Å². The molecule has 4 heteroatoms. The number of carbonyl (C=O) groups excluding carboxylic acids is 1. The highest BCUT2D eigenvalue weighted by Gasteiger charge is 2.53. The minimum atomic E-state index is -0.0894. The summed E-state index contributed by atoms with van der Waals surface area (Å²) in [6, 6.07) is 0.172. The van der Waals surface area contributed by atoms with E-state index in [1.807, 2.05) is 11.9 Å². The normalized spacial score (nSPS) is 32.1. The second-order valence-corrected chi connectivity index (χ2v) is 5.80. The SMILES string of the molecule is CN1CC2(CCNC2)N(C(C)(C)C)C1=O. The van der Waals surface area contributed by atoms with Crippen molar-refractivity contribution in [2.24, 2.45) is 0 Å². The van der Waals surface area contributed by atoms with E-state index in [0.29, 0.717) is 0 Å². The highest BCUT2D eigenvalue weighted by atomic mass is 16.2. The third-order valence-electron chi connectivity index (χ3n) is 3.42. The van der Waals surface area contributed by atoms with Crippen LogP contribution in [-0.2, 0) is 0 Å². The Morgan fingerprint density at radius 1 is 1.40 bits per heavy atom. The molecule has 0 aromatic heterocycles. The van der Waals surface area contributed by atoms with Gasteiger partial charge in [0.15, 0.2) is 0 Å². The Kier molecular flexibility index (Phi) is 2.23. The van der Waals surface area contributed by atoms with E-state index < -0.39 is 0 Å². The molecule has 4 nitrogen and oxygen atoms in total. The second-order valence-electron chi connectivity index (χ2n) is 5.80. The van der Waals surface area contributed by atoms with Crippen LogP contribution < -0.4 is 5.32 Å². The maximum absolute atomic E-state index is 12.1. The zero-order valence-electron chi connectivity index (χ0n) is 10.1. The average Bonchev–Trinajstić information content (AvgIpc) is 2.59. The highest BCUT2D eigenvalue weighted by Crippen LogP contribution is 2.36. The van der Waals surface area contributed by atoms with Crippen LogP contribution in [0.3, 0.4) is 0 Å². The Balaban J connectivity index is 2.35. The lowest BCUT2D eigenvalue weighted by molar-refractivity contribution is 0.0899. The van der Waals surface area contributed by atoms with Gasteiger partial charge in [0.2, 0.25) is 0 Å². The Labute approximate surface area is 91.6 Å². The summed E-state index contributed by atoms with van der Waals surface area (Å²) < 4.78 is 0. The van der Waals surface area contributed by atoms with Gasteiger partial charge >= 0.3 is 6.03 Å². The monoisotopic (exact) mass is 211 g/mol. The lowest BCUT2D eigenvalue weighted by atomic mass is 9.92. The largest absolute Gasteiger partial charge is 0.325 e. The molecule has 2 heterocycles. The summed E-state index contributed by atoms with van der Waals surface area (Å²) in [7, 11) is 1.90. The van der Waals surface area contributed by atoms with Crippen molar-refractivity contribution in [3.05, 3.63) is 0 Å². The van der Waals surface area contributed by atoms with Gasteiger partial charge in [-0.1, -0.05) is 0 Å². The van der Waals surface area contributed by atoms with Crippen LogP contribution in [-0.4, -0.2) is 53.6 Å². The molecule has 0 radical (unpaired) electrons. The summed E-state index contributed by atoms with van der Waals surface area (Å²) in [5.74, 6) is 0. The van der Waals surface area contributed by atoms with Crippen molar-refractivity contribution in [2.45, 2.75) is 38.3 Å². The van der Waals surface area contributed by atoms with E-state index in [1.165, 1.54) is 0 Å². The molecule has 1 atom stereocenters. The number of nitrogens with zero attached hydrogens (tertiary/aromatic N) is 2. The van der Waals surface area contributed by atoms with Gasteiger partial charge < -0.3 is 15.1 Å². The lowest BCUT2D eigenvalue weighted by Crippen LogP contribution is -2.57. The Hall–Kier alpha value is -0.770. The van der Waals surface area contributed by atoms with E-state index >= 15 is 0 Å². The van der Waals surface area contributed by atoms with E-state index in [0.717, 1.165) is 26.1 Å². The average molecular weight is 211 g/mol. The van der Waals surface area contributed by atoms with Crippen LogP contribution in [0.5, 0.6) is 0 Å². The van der Waals surface area contributed by atoms with Crippen molar-refractivity contribution >= 4 is 6.03 Å². The summed E-state index contributed by atoms with van der Waals surface area (Å²) >= 11 is 0. The molecular formula is C11H21N3O. The minimum absolute atomic E-state index is 0.0318. The third kappa shape index (κ3) is 1.51. The van der Waals surface area contributed by atoms with Crippen molar-refractivity contribution in [1.29, 1.82) is 0 Å². The van der Waals surface area contributed by atoms with Crippen molar-refractivity contribution in [2.75, 3.05) is 26.7 Å². The number of nitrogens with one attached hydrogen (secondary N) is 1. The Bertz CT molecular complexity index is 276. The summed E-state index contributed by atoms with van der Waals surface area (Å²) in [6.45, 7) is 9.16. The zero-order chi connectivity index (χ0) is 11.3. The number of amides is 2. The van der Waals surface area contributed by atoms with Crippen LogP contribution in [0, 0.1) is 0 Å². The van der Waals surface area contributed by atoms with E-state index in [1.54, 1.807) is 0 Å². The van der Waals surface area contributed by atoms with Crippen LogP contribution in [0.2, 0.25) is 0 Å². The fourth-order valence-electron chi connectivity index (χ4n) is 3.01. The standard InChI is InChI=1S/C11H21N3O/c1-10(2,3)14-9(15)13(4)8-11(14)5-6-12-7-11/h12H,5-8H2,1-4H3. The third-order valence-corrected chi connectivity index (χ3v) is 3.42. The van der Waals surface area contributed by atoms with Gasteiger partial charge in [-0.15, -0.1) is 0 Å².